The van der Waals surface area contributed by atoms with Gasteiger partial charge in [0.25, 0.3) is 5.91 Å². The van der Waals surface area contributed by atoms with Gasteiger partial charge in [0.05, 0.1) is 10.7 Å². The zero-order valence-corrected chi connectivity index (χ0v) is 21.3. The van der Waals surface area contributed by atoms with Gasteiger partial charge in [0, 0.05) is 23.3 Å². The van der Waals surface area contributed by atoms with Crippen molar-refractivity contribution in [3.8, 4) is 5.75 Å². The first kappa shape index (κ1) is 26.0. The van der Waals surface area contributed by atoms with Gasteiger partial charge in [-0.25, -0.2) is 4.39 Å². The number of benzene rings is 1. The lowest BCUT2D eigenvalue weighted by Crippen LogP contribution is -2.44. The van der Waals surface area contributed by atoms with E-state index in [2.05, 4.69) is 6.92 Å². The Balaban J connectivity index is 2.06. The van der Waals surface area contributed by atoms with Gasteiger partial charge in [-0.05, 0) is 57.2 Å². The van der Waals surface area contributed by atoms with E-state index in [0.717, 1.165) is 57.5 Å². The van der Waals surface area contributed by atoms with E-state index in [9.17, 15) is 9.59 Å². The molecule has 2 aliphatic carbocycles. The van der Waals surface area contributed by atoms with E-state index < -0.39 is 11.7 Å². The molecular weight excluding hydrogens is 462 g/mol. The fourth-order valence-electron chi connectivity index (χ4n) is 4.81. The second-order valence-corrected chi connectivity index (χ2v) is 11.0. The highest BCUT2D eigenvalue weighted by Gasteiger charge is 2.34. The number of hydrogen-bond donors (Lipinski definition) is 1. The van der Waals surface area contributed by atoms with Crippen LogP contribution in [0.15, 0.2) is 23.3 Å². The van der Waals surface area contributed by atoms with E-state index in [1.807, 2.05) is 6.92 Å². The molecule has 0 heterocycles. The molecule has 1 aromatic carbocycles. The van der Waals surface area contributed by atoms with Crippen molar-refractivity contribution < 1.29 is 18.7 Å². The lowest BCUT2D eigenvalue weighted by Gasteiger charge is -2.36. The Labute approximate surface area is 203 Å². The summed E-state index contributed by atoms with van der Waals surface area (Å²) in [7, 11) is 0.599. The molecule has 2 atom stereocenters. The van der Waals surface area contributed by atoms with Crippen LogP contribution in [0.4, 0.5) is 10.1 Å². The molecule has 1 saturated carbocycles. The lowest BCUT2D eigenvalue weighted by molar-refractivity contribution is -0.118. The van der Waals surface area contributed by atoms with Gasteiger partial charge in [0.15, 0.2) is 0 Å². The zero-order valence-electron chi connectivity index (χ0n) is 19.6. The molecule has 3 rings (SSSR count). The van der Waals surface area contributed by atoms with E-state index in [1.165, 1.54) is 6.07 Å². The first-order valence-corrected chi connectivity index (χ1v) is 13.8. The maximum absolute atomic E-state index is 15.3. The first-order chi connectivity index (χ1) is 15.9. The molecule has 8 heteroatoms. The molecule has 0 aromatic heterocycles. The molecule has 5 nitrogen and oxygen atoms in total. The molecular formula is C25H35ClFN2O3P. The molecule has 1 fully saturated rings. The Bertz CT molecular complexity index is 902. The van der Waals surface area contributed by atoms with Crippen molar-refractivity contribution in [1.82, 2.24) is 0 Å². The predicted octanol–water partition coefficient (Wildman–Crippen LogP) is 6.31. The largest absolute Gasteiger partial charge is 0.485 e. The molecule has 2 aliphatic rings. The zero-order chi connectivity index (χ0) is 24.0. The second-order valence-electron chi connectivity index (χ2n) is 8.80. The number of carbonyl (C=O) groups excluding carboxylic acids is 2. The van der Waals surface area contributed by atoms with Gasteiger partial charge < -0.3 is 15.4 Å². The summed E-state index contributed by atoms with van der Waals surface area (Å²) in [6, 6.07) is 2.67. The third-order valence-electron chi connectivity index (χ3n) is 6.51. The number of halogens is 2. The number of carbonyl (C=O) groups is 2. The van der Waals surface area contributed by atoms with E-state index in [1.54, 1.807) is 11.0 Å². The van der Waals surface area contributed by atoms with Gasteiger partial charge in [-0.15, -0.1) is 0 Å². The Hall–Kier alpha value is -1.65. The number of nitrogens with zero attached hydrogens (tertiary/aromatic N) is 1. The van der Waals surface area contributed by atoms with Crippen LogP contribution in [0, 0.1) is 5.82 Å². The normalized spacial score (nSPS) is 18.5. The maximum atomic E-state index is 15.3. The van der Waals surface area contributed by atoms with Crippen LogP contribution in [0.25, 0.3) is 0 Å². The molecule has 0 bridgehead atoms. The fourth-order valence-corrected chi connectivity index (χ4v) is 5.96. The van der Waals surface area contributed by atoms with E-state index in [4.69, 9.17) is 22.1 Å². The Morgan fingerprint density at radius 2 is 1.82 bits per heavy atom. The molecule has 2 N–H and O–H groups in total. The van der Waals surface area contributed by atoms with Gasteiger partial charge >= 0.3 is 0 Å². The van der Waals surface area contributed by atoms with Crippen LogP contribution in [-0.2, 0) is 9.59 Å². The third-order valence-corrected chi connectivity index (χ3v) is 8.20. The molecule has 2 unspecified atom stereocenters. The van der Waals surface area contributed by atoms with Crippen molar-refractivity contribution in [1.29, 1.82) is 0 Å². The topological polar surface area (TPSA) is 72.6 Å². The molecule has 182 valence electrons. The summed E-state index contributed by atoms with van der Waals surface area (Å²) in [6.45, 7) is 4.14. The Morgan fingerprint density at radius 3 is 2.42 bits per heavy atom. The lowest BCUT2D eigenvalue weighted by atomic mass is 9.88. The van der Waals surface area contributed by atoms with Crippen molar-refractivity contribution in [3.63, 3.8) is 0 Å². The van der Waals surface area contributed by atoms with Gasteiger partial charge in [-0.1, -0.05) is 53.3 Å². The summed E-state index contributed by atoms with van der Waals surface area (Å²) >= 11 is 6.35. The summed E-state index contributed by atoms with van der Waals surface area (Å²) in [5.41, 5.74) is 6.58. The monoisotopic (exact) mass is 496 g/mol. The van der Waals surface area contributed by atoms with Crippen molar-refractivity contribution >= 4 is 37.7 Å². The van der Waals surface area contributed by atoms with Gasteiger partial charge in [0.2, 0.25) is 5.91 Å². The molecule has 2 amide bonds. The van der Waals surface area contributed by atoms with Crippen molar-refractivity contribution in [3.05, 3.63) is 34.1 Å². The van der Waals surface area contributed by atoms with Crippen LogP contribution in [0.2, 0.25) is 5.02 Å². The Kier molecular flexibility index (Phi) is 9.57. The number of rotatable bonds is 9. The van der Waals surface area contributed by atoms with Crippen molar-refractivity contribution in [2.75, 3.05) is 11.1 Å². The predicted molar refractivity (Wildman–Crippen MR) is 134 cm³/mol. The molecule has 0 radical (unpaired) electrons. The molecule has 0 spiro atoms. The van der Waals surface area contributed by atoms with Gasteiger partial charge in [-0.2, -0.15) is 0 Å². The van der Waals surface area contributed by atoms with Crippen molar-refractivity contribution in [2.24, 2.45) is 5.73 Å². The number of anilines is 1. The Morgan fingerprint density at radius 1 is 1.15 bits per heavy atom. The van der Waals surface area contributed by atoms with Crippen LogP contribution in [0.1, 0.15) is 78.1 Å². The number of ether oxygens (including phenoxy) is 1. The number of nitrogens with two attached hydrogens (primary N) is 1. The number of hydrogen-bond acceptors (Lipinski definition) is 3. The minimum atomic E-state index is -0.561. The SMILES string of the molecule is CCPC(CC)Oc1cc(N(C(=O)C2=C(C(N)=O)CCCC2)C2CCCCC2)c(F)cc1Cl. The molecule has 0 saturated heterocycles. The van der Waals surface area contributed by atoms with Crippen LogP contribution < -0.4 is 15.4 Å². The smallest absolute Gasteiger partial charge is 0.255 e. The van der Waals surface area contributed by atoms with E-state index in [-0.39, 0.29) is 28.5 Å². The summed E-state index contributed by atoms with van der Waals surface area (Å²) in [5.74, 6) is -1.05. The van der Waals surface area contributed by atoms with Gasteiger partial charge in [-0.3, -0.25) is 9.59 Å². The highest BCUT2D eigenvalue weighted by atomic mass is 35.5. The minimum absolute atomic E-state index is 0.00726. The molecule has 1 aromatic rings. The number of primary amides is 1. The quantitative estimate of drug-likeness (QED) is 0.407. The van der Waals surface area contributed by atoms with Crippen LogP contribution in [0.3, 0.4) is 0 Å². The average Bonchev–Trinajstić information content (AvgIpc) is 2.82. The standard InChI is InChI=1S/C25H35ClFN2O3P/c1-3-23(33-4-2)32-22-15-21(20(27)14-19(22)26)29(16-10-6-5-7-11-16)25(31)18-13-9-8-12-17(18)24(28)30/h14-16,23,33H,3-13H2,1-2H3,(H2,28,30). The summed E-state index contributed by atoms with van der Waals surface area (Å²) < 4.78 is 21.5. The first-order valence-electron chi connectivity index (χ1n) is 12.1. The van der Waals surface area contributed by atoms with Crippen LogP contribution >= 0.6 is 20.2 Å². The van der Waals surface area contributed by atoms with Crippen LogP contribution in [-0.4, -0.2) is 29.9 Å². The second kappa shape index (κ2) is 12.2. The van der Waals surface area contributed by atoms with Gasteiger partial charge in [0.1, 0.15) is 17.4 Å². The fraction of sp³-hybridized carbons (Fsp3) is 0.600. The summed E-state index contributed by atoms with van der Waals surface area (Å²) in [4.78, 5) is 27.5. The van der Waals surface area contributed by atoms with Crippen molar-refractivity contribution in [2.45, 2.75) is 89.9 Å². The highest BCUT2D eigenvalue weighted by Crippen LogP contribution is 2.39. The summed E-state index contributed by atoms with van der Waals surface area (Å²) in [6.07, 6.45) is 9.03. The highest BCUT2D eigenvalue weighted by molar-refractivity contribution is 7.38. The van der Waals surface area contributed by atoms with E-state index >= 15 is 4.39 Å². The molecule has 33 heavy (non-hydrogen) atoms. The minimum Gasteiger partial charge on any atom is -0.485 e. The molecule has 0 aliphatic heterocycles. The third kappa shape index (κ3) is 6.27. The maximum Gasteiger partial charge on any atom is 0.255 e. The van der Waals surface area contributed by atoms with E-state index in [0.29, 0.717) is 38.3 Å². The summed E-state index contributed by atoms with van der Waals surface area (Å²) in [5, 5.41) is 0.196. The number of amides is 2. The van der Waals surface area contributed by atoms with Crippen LogP contribution in [0.5, 0.6) is 5.75 Å². The average molecular weight is 497 g/mol.